The van der Waals surface area contributed by atoms with Crippen LogP contribution in [0.15, 0.2) is 130 Å². The van der Waals surface area contributed by atoms with Gasteiger partial charge in [-0.1, -0.05) is 98.2 Å². The molecule has 3 unspecified atom stereocenters. The molecule has 0 radical (unpaired) electrons. The molecular weight excluding hydrogens is 957 g/mol. The first-order valence-electron chi connectivity index (χ1n) is 27.6. The molecule has 1 aliphatic heterocycles. The first-order valence-corrected chi connectivity index (χ1v) is 27.6. The van der Waals surface area contributed by atoms with Gasteiger partial charge in [0.05, 0.1) is 23.3 Å². The third-order valence-electron chi connectivity index (χ3n) is 15.8. The molecule has 1 heterocycles. The first-order chi connectivity index (χ1) is 36.5. The summed E-state index contributed by atoms with van der Waals surface area (Å²) in [6.45, 7) is 17.6. The summed E-state index contributed by atoms with van der Waals surface area (Å²) in [7, 11) is 0. The summed E-state index contributed by atoms with van der Waals surface area (Å²) in [6, 6.07) is 18.1. The lowest BCUT2D eigenvalue weighted by Gasteiger charge is -2.44. The summed E-state index contributed by atoms with van der Waals surface area (Å²) in [4.78, 5) is 67.3. The Labute approximate surface area is 449 Å². The molecule has 0 fully saturated rings. The standard InChI is InChI=1S/C65H76O11/c1-38(2)19-16-27-49(51-31-29-40(5)56-54(51)33-42(7)59(74-63(69)46-22-12-10-13-23-46)61(56)75-64(70)47-24-14-11-15-25-47)37-71-62(68)48-26-18-21-45(34-48)35-50-36-55(72-43(8)66)57-41(6)30-32-52-53(28-17-20-39(3)4)65(73-44(9)67)76-60(50)58(52)57/h10,12-14,18-26,34,36,40-42,49,51-53,65H,11,15-17,27-33,35,37H2,1-9H3/t40-,41-,42?,49-,51?,52+,53+,65?/m1/s1. The van der Waals surface area contributed by atoms with E-state index in [9.17, 15) is 24.0 Å². The smallest absolute Gasteiger partial charge is 0.343 e. The largest absolute Gasteiger partial charge is 0.462 e. The average molecular weight is 1030 g/mol. The molecule has 8 atom stereocenters. The Morgan fingerprint density at radius 3 is 2.16 bits per heavy atom. The Morgan fingerprint density at radius 1 is 0.711 bits per heavy atom. The maximum absolute atomic E-state index is 14.4. The number of ether oxygens (including phenoxy) is 6. The molecule has 11 heteroatoms. The van der Waals surface area contributed by atoms with Gasteiger partial charge in [0.15, 0.2) is 11.5 Å². The molecule has 402 valence electrons. The summed E-state index contributed by atoms with van der Waals surface area (Å²) in [5.74, 6) is -0.819. The van der Waals surface area contributed by atoms with E-state index in [4.69, 9.17) is 28.4 Å². The van der Waals surface area contributed by atoms with E-state index in [2.05, 4.69) is 53.7 Å². The van der Waals surface area contributed by atoms with Crippen LogP contribution < -0.4 is 9.47 Å². The van der Waals surface area contributed by atoms with Gasteiger partial charge in [0.25, 0.3) is 0 Å². The minimum absolute atomic E-state index is 0.00235. The summed E-state index contributed by atoms with van der Waals surface area (Å²) in [5, 5.41) is 0. The van der Waals surface area contributed by atoms with Crippen molar-refractivity contribution in [3.63, 3.8) is 0 Å². The molecule has 0 bridgehead atoms. The van der Waals surface area contributed by atoms with E-state index in [-0.39, 0.29) is 48.0 Å². The Morgan fingerprint density at radius 2 is 1.45 bits per heavy atom. The van der Waals surface area contributed by atoms with Crippen molar-refractivity contribution in [2.24, 2.45) is 29.6 Å². The van der Waals surface area contributed by atoms with Gasteiger partial charge in [-0.2, -0.15) is 0 Å². The van der Waals surface area contributed by atoms with E-state index in [1.54, 1.807) is 36.4 Å². The van der Waals surface area contributed by atoms with Crippen LogP contribution in [-0.4, -0.2) is 42.7 Å². The molecule has 0 amide bonds. The molecule has 5 aliphatic rings. The second-order valence-corrected chi connectivity index (χ2v) is 22.2. The number of carbonyl (C=O) groups excluding carboxylic acids is 5. The van der Waals surface area contributed by atoms with Gasteiger partial charge in [0.2, 0.25) is 6.29 Å². The SMILES string of the molecule is CC(=O)Oc1cc(Cc2cccc(C(=O)OC[C@@H](CCC=C(C)C)C3CC[C@@H](C)C4=C3CC(C)C(OC(=O)c3ccccc3)=C4OC(=O)C3=CCCC=C3)c2)c2c3c1[C@H](C)CC[C@H]3[C@H](CCC=C(C)C)C(OC(C)=O)O2. The van der Waals surface area contributed by atoms with Crippen molar-refractivity contribution in [1.29, 1.82) is 0 Å². The van der Waals surface area contributed by atoms with Crippen LogP contribution in [0.4, 0.5) is 0 Å². The molecule has 8 rings (SSSR count). The highest BCUT2D eigenvalue weighted by atomic mass is 16.7. The molecule has 0 saturated heterocycles. The van der Waals surface area contributed by atoms with Crippen molar-refractivity contribution in [2.75, 3.05) is 6.61 Å². The van der Waals surface area contributed by atoms with Gasteiger partial charge in [-0.05, 0) is 164 Å². The summed E-state index contributed by atoms with van der Waals surface area (Å²) in [6.07, 6.45) is 18.3. The lowest BCUT2D eigenvalue weighted by Crippen LogP contribution is -2.41. The topological polar surface area (TPSA) is 141 Å². The number of carbonyl (C=O) groups is 5. The van der Waals surface area contributed by atoms with Crippen molar-refractivity contribution >= 4 is 29.8 Å². The third-order valence-corrected chi connectivity index (χ3v) is 15.8. The quantitative estimate of drug-likeness (QED) is 0.0520. The Balaban J connectivity index is 1.09. The fourth-order valence-corrected chi connectivity index (χ4v) is 12.2. The molecular formula is C65H76O11. The van der Waals surface area contributed by atoms with Crippen molar-refractivity contribution in [3.8, 4) is 11.5 Å². The molecule has 4 aliphatic carbocycles. The Hall–Kier alpha value is -6.75. The fraction of sp³-hybridized carbons (Fsp3) is 0.462. The maximum Gasteiger partial charge on any atom is 0.343 e. The van der Waals surface area contributed by atoms with Gasteiger partial charge in [-0.3, -0.25) is 9.59 Å². The number of benzene rings is 3. The van der Waals surface area contributed by atoms with Crippen LogP contribution in [0.1, 0.15) is 188 Å². The van der Waals surface area contributed by atoms with Gasteiger partial charge >= 0.3 is 29.8 Å². The van der Waals surface area contributed by atoms with E-state index in [0.29, 0.717) is 52.6 Å². The number of rotatable bonds is 18. The van der Waals surface area contributed by atoms with Crippen LogP contribution >= 0.6 is 0 Å². The second-order valence-electron chi connectivity index (χ2n) is 22.2. The van der Waals surface area contributed by atoms with E-state index in [1.165, 1.54) is 25.0 Å². The molecule has 3 aromatic carbocycles. The van der Waals surface area contributed by atoms with Crippen LogP contribution in [0.2, 0.25) is 0 Å². The Bertz CT molecular complexity index is 2880. The van der Waals surface area contributed by atoms with Crippen LogP contribution in [0.3, 0.4) is 0 Å². The highest BCUT2D eigenvalue weighted by molar-refractivity contribution is 5.93. The van der Waals surface area contributed by atoms with E-state index >= 15 is 0 Å². The summed E-state index contributed by atoms with van der Waals surface area (Å²) >= 11 is 0. The molecule has 76 heavy (non-hydrogen) atoms. The zero-order valence-corrected chi connectivity index (χ0v) is 46.0. The minimum atomic E-state index is -0.796. The number of hydrogen-bond acceptors (Lipinski definition) is 11. The molecule has 0 spiro atoms. The summed E-state index contributed by atoms with van der Waals surface area (Å²) < 4.78 is 37.7. The molecule has 11 nitrogen and oxygen atoms in total. The third kappa shape index (κ3) is 13.1. The lowest BCUT2D eigenvalue weighted by atomic mass is 9.66. The van der Waals surface area contributed by atoms with E-state index < -0.39 is 36.1 Å². The van der Waals surface area contributed by atoms with Gasteiger partial charge in [-0.15, -0.1) is 0 Å². The van der Waals surface area contributed by atoms with Gasteiger partial charge in [-0.25, -0.2) is 14.4 Å². The van der Waals surface area contributed by atoms with Crippen molar-refractivity contribution in [2.45, 2.75) is 157 Å². The average Bonchev–Trinajstić information content (AvgIpc) is 3.56. The molecule has 3 aromatic rings. The second kappa shape index (κ2) is 24.9. The Kier molecular flexibility index (Phi) is 18.2. The highest BCUT2D eigenvalue weighted by Crippen LogP contribution is 2.57. The van der Waals surface area contributed by atoms with Gasteiger partial charge in [0.1, 0.15) is 11.5 Å². The first kappa shape index (κ1) is 55.5. The van der Waals surface area contributed by atoms with Crippen LogP contribution in [0.5, 0.6) is 11.5 Å². The predicted octanol–water partition coefficient (Wildman–Crippen LogP) is 14.6. The monoisotopic (exact) mass is 1030 g/mol. The van der Waals surface area contributed by atoms with E-state index in [1.807, 2.05) is 49.4 Å². The number of esters is 5. The highest BCUT2D eigenvalue weighted by Gasteiger charge is 2.46. The predicted molar refractivity (Wildman–Crippen MR) is 292 cm³/mol. The number of allylic oxidation sites excluding steroid dienone is 9. The van der Waals surface area contributed by atoms with Gasteiger partial charge in [0, 0.05) is 54.4 Å². The van der Waals surface area contributed by atoms with Crippen molar-refractivity contribution in [1.82, 2.24) is 0 Å². The molecule has 0 N–H and O–H groups in total. The molecule has 0 aromatic heterocycles. The zero-order chi connectivity index (χ0) is 54.2. The molecule has 0 saturated carbocycles. The van der Waals surface area contributed by atoms with E-state index in [0.717, 1.165) is 97.6 Å². The van der Waals surface area contributed by atoms with Crippen LogP contribution in [-0.2, 0) is 39.8 Å². The summed E-state index contributed by atoms with van der Waals surface area (Å²) in [5.41, 5.74) is 9.29. The lowest BCUT2D eigenvalue weighted by molar-refractivity contribution is -0.174. The fourth-order valence-electron chi connectivity index (χ4n) is 12.2. The maximum atomic E-state index is 14.4. The van der Waals surface area contributed by atoms with Gasteiger partial charge < -0.3 is 28.4 Å². The minimum Gasteiger partial charge on any atom is -0.462 e. The zero-order valence-electron chi connectivity index (χ0n) is 46.0. The van der Waals surface area contributed by atoms with Crippen molar-refractivity contribution in [3.05, 3.63) is 164 Å². The number of hydrogen-bond donors (Lipinski definition) is 0. The van der Waals surface area contributed by atoms with Crippen LogP contribution in [0.25, 0.3) is 0 Å². The van der Waals surface area contributed by atoms with Crippen molar-refractivity contribution < 1.29 is 52.4 Å². The normalized spacial score (nSPS) is 22.9. The van der Waals surface area contributed by atoms with Crippen LogP contribution in [0, 0.1) is 29.6 Å².